The van der Waals surface area contributed by atoms with Crippen molar-refractivity contribution in [1.29, 1.82) is 0 Å². The fourth-order valence-electron chi connectivity index (χ4n) is 7.87. The maximum Gasteiger partial charge on any atom is 0.306 e. The average Bonchev–Trinajstić information content (AvgIpc) is 3.74. The summed E-state index contributed by atoms with van der Waals surface area (Å²) in [6.07, 6.45) is 6.33. The number of carboxylic acids is 1. The highest BCUT2D eigenvalue weighted by Crippen LogP contribution is 2.33. The van der Waals surface area contributed by atoms with Crippen LogP contribution in [0.25, 0.3) is 5.69 Å². The van der Waals surface area contributed by atoms with E-state index in [4.69, 9.17) is 19.9 Å². The number of hydrogen-bond acceptors (Lipinski definition) is 9. The minimum Gasteiger partial charge on any atom is -0.481 e. The van der Waals surface area contributed by atoms with E-state index in [1.165, 1.54) is 12.7 Å². The van der Waals surface area contributed by atoms with Crippen molar-refractivity contribution in [3.63, 3.8) is 0 Å². The van der Waals surface area contributed by atoms with E-state index in [1.807, 2.05) is 23.4 Å². The first-order valence-electron chi connectivity index (χ1n) is 18.6. The second kappa shape index (κ2) is 16.7. The van der Waals surface area contributed by atoms with Crippen LogP contribution in [0.3, 0.4) is 0 Å². The Kier molecular flexibility index (Phi) is 11.9. The Bertz CT molecular complexity index is 1700. The van der Waals surface area contributed by atoms with E-state index >= 15 is 0 Å². The molecule has 274 valence electrons. The molecule has 2 saturated heterocycles. The number of anilines is 2. The van der Waals surface area contributed by atoms with Crippen molar-refractivity contribution in [2.24, 2.45) is 5.92 Å². The summed E-state index contributed by atoms with van der Waals surface area (Å²) >= 11 is 0. The highest BCUT2D eigenvalue weighted by Gasteiger charge is 2.29. The summed E-state index contributed by atoms with van der Waals surface area (Å²) in [6.45, 7) is 10.2. The number of amides is 1. The van der Waals surface area contributed by atoms with Crippen LogP contribution in [0.1, 0.15) is 79.1 Å². The van der Waals surface area contributed by atoms with Gasteiger partial charge in [0.2, 0.25) is 5.91 Å². The van der Waals surface area contributed by atoms with Crippen molar-refractivity contribution in [2.75, 3.05) is 69.7 Å². The molecule has 0 saturated carbocycles. The predicted octanol–water partition coefficient (Wildman–Crippen LogP) is 4.75. The standard InChI is InChI=1S/C39H53N7O5/c1-27-20-28(2)46(42-27)35-22-31(21-34(24-35)44-16-18-45(19-17-44)36(47)7-4-8-37(48)49)32(23-38(50)51-3)26-43-15-13-29(25-43)9-11-33-12-10-30-6-5-14-40-39(30)41-33/h10,12,20-22,24,29,32H,4-9,11,13-19,23,25-26H2,1-3H3,(H,40,41)(H,48,49)/t29-,32+/m1/s1. The molecular formula is C39H53N7O5. The number of hydrogen-bond donors (Lipinski definition) is 2. The van der Waals surface area contributed by atoms with Gasteiger partial charge >= 0.3 is 11.9 Å². The van der Waals surface area contributed by atoms with Crippen LogP contribution < -0.4 is 10.2 Å². The monoisotopic (exact) mass is 699 g/mol. The van der Waals surface area contributed by atoms with Gasteiger partial charge in [0.1, 0.15) is 5.82 Å². The predicted molar refractivity (Wildman–Crippen MR) is 197 cm³/mol. The third-order valence-electron chi connectivity index (χ3n) is 10.7. The third kappa shape index (κ3) is 9.46. The van der Waals surface area contributed by atoms with Crippen molar-refractivity contribution >= 4 is 29.4 Å². The summed E-state index contributed by atoms with van der Waals surface area (Å²) in [7, 11) is 1.45. The fourth-order valence-corrected chi connectivity index (χ4v) is 7.87. The van der Waals surface area contributed by atoms with E-state index in [2.05, 4.69) is 51.5 Å². The number of nitrogens with zero attached hydrogens (tertiary/aromatic N) is 6. The SMILES string of the molecule is COC(=O)C[C@@H](CN1CC[C@@H](CCc2ccc3c(n2)NCCC3)C1)c1cc(N2CCN(C(=O)CCCC(=O)O)CC2)cc(-n2nc(C)cc2C)c1. The number of piperazine rings is 1. The molecule has 0 radical (unpaired) electrons. The Hall–Kier alpha value is -4.45. The molecule has 0 aliphatic carbocycles. The van der Waals surface area contributed by atoms with E-state index in [-0.39, 0.29) is 37.1 Å². The molecule has 0 spiro atoms. The van der Waals surface area contributed by atoms with Crippen LogP contribution in [0.15, 0.2) is 36.4 Å². The van der Waals surface area contributed by atoms with E-state index in [1.54, 1.807) is 0 Å². The van der Waals surface area contributed by atoms with E-state index < -0.39 is 5.97 Å². The van der Waals surface area contributed by atoms with Gasteiger partial charge in [-0.05, 0) is 106 Å². The molecule has 1 amide bonds. The van der Waals surface area contributed by atoms with Gasteiger partial charge in [-0.1, -0.05) is 6.07 Å². The van der Waals surface area contributed by atoms with Crippen LogP contribution in [-0.2, 0) is 32.0 Å². The summed E-state index contributed by atoms with van der Waals surface area (Å²) in [5.41, 5.74) is 7.50. The number of aliphatic carboxylic acids is 1. The number of likely N-dealkylation sites (tertiary alicyclic amines) is 1. The van der Waals surface area contributed by atoms with Crippen LogP contribution in [0, 0.1) is 19.8 Å². The highest BCUT2D eigenvalue weighted by molar-refractivity contribution is 5.77. The number of aromatic nitrogens is 3. The maximum atomic E-state index is 12.9. The maximum absolute atomic E-state index is 12.9. The molecule has 2 aromatic heterocycles. The van der Waals surface area contributed by atoms with Crippen molar-refractivity contribution in [1.82, 2.24) is 24.6 Å². The number of esters is 1. The Morgan fingerprint density at radius 1 is 1.02 bits per heavy atom. The van der Waals surface area contributed by atoms with Gasteiger partial charge < -0.3 is 29.9 Å². The lowest BCUT2D eigenvalue weighted by atomic mass is 9.93. The first-order valence-corrected chi connectivity index (χ1v) is 18.6. The summed E-state index contributed by atoms with van der Waals surface area (Å²) in [5.74, 6) is 0.466. The smallest absolute Gasteiger partial charge is 0.306 e. The number of fused-ring (bicyclic) bond motifs is 1. The molecule has 1 aromatic carbocycles. The second-order valence-electron chi connectivity index (χ2n) is 14.5. The molecular weight excluding hydrogens is 646 g/mol. The second-order valence-corrected chi connectivity index (χ2v) is 14.5. The quantitative estimate of drug-likeness (QED) is 0.227. The zero-order valence-corrected chi connectivity index (χ0v) is 30.4. The number of rotatable bonds is 14. The van der Waals surface area contributed by atoms with Crippen LogP contribution in [-0.4, -0.2) is 107 Å². The number of aryl methyl sites for hydroxylation is 4. The zero-order valence-electron chi connectivity index (χ0n) is 30.4. The van der Waals surface area contributed by atoms with Gasteiger partial charge in [0.15, 0.2) is 0 Å². The molecule has 0 unspecified atom stereocenters. The summed E-state index contributed by atoms with van der Waals surface area (Å²) in [6, 6.07) is 13.0. The topological polar surface area (TPSA) is 133 Å². The Morgan fingerprint density at radius 2 is 1.82 bits per heavy atom. The molecule has 2 fully saturated rings. The van der Waals surface area contributed by atoms with Gasteiger partial charge in [-0.25, -0.2) is 9.67 Å². The number of carbonyl (C=O) groups excluding carboxylic acids is 2. The number of benzene rings is 1. The molecule has 6 rings (SSSR count). The molecule has 3 aliphatic heterocycles. The van der Waals surface area contributed by atoms with Gasteiger partial charge in [-0.2, -0.15) is 5.10 Å². The molecule has 12 heteroatoms. The molecule has 2 N–H and O–H groups in total. The number of carbonyl (C=O) groups is 3. The first-order chi connectivity index (χ1) is 24.6. The molecule has 0 bridgehead atoms. The Morgan fingerprint density at radius 3 is 2.57 bits per heavy atom. The van der Waals surface area contributed by atoms with Crippen LogP contribution in [0.5, 0.6) is 0 Å². The summed E-state index contributed by atoms with van der Waals surface area (Å²) in [4.78, 5) is 48.1. The number of nitrogens with one attached hydrogen (secondary N) is 1. The van der Waals surface area contributed by atoms with Crippen LogP contribution >= 0.6 is 0 Å². The number of methoxy groups -OCH3 is 1. The lowest BCUT2D eigenvalue weighted by Gasteiger charge is -2.37. The number of carboxylic acid groups (broad SMARTS) is 1. The van der Waals surface area contributed by atoms with Crippen molar-refractivity contribution in [3.05, 3.63) is 64.6 Å². The average molecular weight is 700 g/mol. The largest absolute Gasteiger partial charge is 0.481 e. The molecule has 5 heterocycles. The minimum atomic E-state index is -0.878. The number of pyridine rings is 1. The molecule has 3 aliphatic rings. The molecule has 3 aromatic rings. The number of ether oxygens (including phenoxy) is 1. The highest BCUT2D eigenvalue weighted by atomic mass is 16.5. The lowest BCUT2D eigenvalue weighted by molar-refractivity contribution is -0.141. The first kappa shape index (κ1) is 36.3. The molecule has 12 nitrogen and oxygen atoms in total. The Labute approximate surface area is 301 Å². The van der Waals surface area contributed by atoms with Gasteiger partial charge in [0.05, 0.1) is 24.9 Å². The van der Waals surface area contributed by atoms with Crippen molar-refractivity contribution in [2.45, 2.75) is 77.6 Å². The van der Waals surface area contributed by atoms with Gasteiger partial charge in [0.25, 0.3) is 0 Å². The lowest BCUT2D eigenvalue weighted by Crippen LogP contribution is -2.48. The molecule has 2 atom stereocenters. The fraction of sp³-hybridized carbons (Fsp3) is 0.564. The normalized spacial score (nSPS) is 18.3. The minimum absolute atomic E-state index is 0.00294. The molecule has 51 heavy (non-hydrogen) atoms. The van der Waals surface area contributed by atoms with Gasteiger partial charge in [-0.15, -0.1) is 0 Å². The van der Waals surface area contributed by atoms with E-state index in [0.717, 1.165) is 98.1 Å². The van der Waals surface area contributed by atoms with Gasteiger partial charge in [-0.3, -0.25) is 14.4 Å². The third-order valence-corrected chi connectivity index (χ3v) is 10.7. The van der Waals surface area contributed by atoms with Crippen LogP contribution in [0.2, 0.25) is 0 Å². The Balaban J connectivity index is 1.17. The summed E-state index contributed by atoms with van der Waals surface area (Å²) in [5, 5.41) is 17.2. The zero-order chi connectivity index (χ0) is 35.9. The van der Waals surface area contributed by atoms with Crippen molar-refractivity contribution < 1.29 is 24.2 Å². The van der Waals surface area contributed by atoms with E-state index in [0.29, 0.717) is 38.5 Å². The van der Waals surface area contributed by atoms with Crippen molar-refractivity contribution in [3.8, 4) is 5.69 Å². The summed E-state index contributed by atoms with van der Waals surface area (Å²) < 4.78 is 7.17. The van der Waals surface area contributed by atoms with Gasteiger partial charge in [0, 0.05) is 81.6 Å². The van der Waals surface area contributed by atoms with E-state index in [9.17, 15) is 14.4 Å². The van der Waals surface area contributed by atoms with Crippen LogP contribution in [0.4, 0.5) is 11.5 Å².